The molecule has 3 aromatic rings. The quantitative estimate of drug-likeness (QED) is 0.650. The molecule has 3 rings (SSSR count). The summed E-state index contributed by atoms with van der Waals surface area (Å²) in [6.45, 7) is 4.05. The van der Waals surface area contributed by atoms with E-state index in [-0.39, 0.29) is 16.9 Å². The van der Waals surface area contributed by atoms with Gasteiger partial charge in [-0.15, -0.1) is 0 Å². The molecule has 0 aliphatic heterocycles. The summed E-state index contributed by atoms with van der Waals surface area (Å²) in [4.78, 5) is 16.0. The van der Waals surface area contributed by atoms with Crippen LogP contribution in [-0.4, -0.2) is 27.7 Å². The minimum Gasteiger partial charge on any atom is -0.465 e. The van der Waals surface area contributed by atoms with Crippen LogP contribution >= 0.6 is 0 Å². The lowest BCUT2D eigenvalue weighted by atomic mass is 10.0. The summed E-state index contributed by atoms with van der Waals surface area (Å²) < 4.78 is 45.6. The highest BCUT2D eigenvalue weighted by Gasteiger charge is 2.36. The Morgan fingerprint density at radius 3 is 2.38 bits per heavy atom. The Morgan fingerprint density at radius 1 is 1.19 bits per heavy atom. The van der Waals surface area contributed by atoms with E-state index in [9.17, 15) is 18.0 Å². The van der Waals surface area contributed by atoms with E-state index in [0.717, 1.165) is 24.9 Å². The van der Waals surface area contributed by atoms with Crippen LogP contribution < -0.4 is 0 Å². The Hall–Kier alpha value is -2.90. The average Bonchev–Trinajstić information content (AvgIpc) is 3.03. The zero-order valence-corrected chi connectivity index (χ0v) is 14.3. The van der Waals surface area contributed by atoms with Gasteiger partial charge in [0.1, 0.15) is 5.56 Å². The number of fused-ring (bicyclic) bond motifs is 1. The molecule has 0 saturated heterocycles. The van der Waals surface area contributed by atoms with Gasteiger partial charge in [0.25, 0.3) is 0 Å². The fourth-order valence-electron chi connectivity index (χ4n) is 2.61. The molecule has 0 aliphatic carbocycles. The lowest BCUT2D eigenvalue weighted by molar-refractivity contribution is -0.142. The standard InChI is InChI=1S/C18H16F3N3O2/c1-10(2)11-4-6-12(7-5-11)14-8-15(18(19,20)21)24-16(23-14)13(9-22-24)17(25)26-3/h4-10H,1-3H3. The number of halogens is 3. The first kappa shape index (κ1) is 17.9. The molecule has 0 N–H and O–H groups in total. The van der Waals surface area contributed by atoms with Crippen LogP contribution in [0.5, 0.6) is 0 Å². The van der Waals surface area contributed by atoms with Crippen LogP contribution in [0.15, 0.2) is 36.5 Å². The van der Waals surface area contributed by atoms with E-state index < -0.39 is 17.8 Å². The van der Waals surface area contributed by atoms with Crippen molar-refractivity contribution in [1.29, 1.82) is 0 Å². The summed E-state index contributed by atoms with van der Waals surface area (Å²) >= 11 is 0. The van der Waals surface area contributed by atoms with Gasteiger partial charge in [0.05, 0.1) is 19.0 Å². The maximum Gasteiger partial charge on any atom is 0.433 e. The second-order valence-electron chi connectivity index (χ2n) is 6.09. The number of benzene rings is 1. The summed E-state index contributed by atoms with van der Waals surface area (Å²) in [5.74, 6) is -0.501. The topological polar surface area (TPSA) is 56.5 Å². The zero-order chi connectivity index (χ0) is 19.1. The van der Waals surface area contributed by atoms with Crippen molar-refractivity contribution in [3.05, 3.63) is 53.3 Å². The molecule has 0 spiro atoms. The Balaban J connectivity index is 2.24. The van der Waals surface area contributed by atoms with Gasteiger partial charge in [0.2, 0.25) is 0 Å². The fourth-order valence-corrected chi connectivity index (χ4v) is 2.61. The van der Waals surface area contributed by atoms with Gasteiger partial charge < -0.3 is 4.74 Å². The van der Waals surface area contributed by atoms with Crippen LogP contribution in [0.25, 0.3) is 16.9 Å². The summed E-state index contributed by atoms with van der Waals surface area (Å²) in [5.41, 5.74) is 0.338. The molecule has 136 valence electrons. The van der Waals surface area contributed by atoms with E-state index in [4.69, 9.17) is 0 Å². The minimum absolute atomic E-state index is 0.103. The third-order valence-corrected chi connectivity index (χ3v) is 4.04. The molecule has 0 atom stereocenters. The molecule has 8 heteroatoms. The van der Waals surface area contributed by atoms with Crippen LogP contribution in [0.1, 0.15) is 41.4 Å². The Morgan fingerprint density at radius 2 is 1.85 bits per heavy atom. The van der Waals surface area contributed by atoms with E-state index in [1.54, 1.807) is 12.1 Å². The van der Waals surface area contributed by atoms with E-state index in [1.807, 2.05) is 26.0 Å². The zero-order valence-electron chi connectivity index (χ0n) is 14.3. The van der Waals surface area contributed by atoms with Gasteiger partial charge in [-0.05, 0) is 17.5 Å². The molecule has 0 bridgehead atoms. The largest absolute Gasteiger partial charge is 0.465 e. The van der Waals surface area contributed by atoms with Crippen LogP contribution in [0.4, 0.5) is 13.2 Å². The van der Waals surface area contributed by atoms with Crippen LogP contribution in [0.2, 0.25) is 0 Å². The minimum atomic E-state index is -4.66. The predicted octanol–water partition coefficient (Wildman–Crippen LogP) is 4.33. The molecular formula is C18H16F3N3O2. The van der Waals surface area contributed by atoms with E-state index >= 15 is 0 Å². The fraction of sp³-hybridized carbons (Fsp3) is 0.278. The summed E-state index contributed by atoms with van der Waals surface area (Å²) in [7, 11) is 1.14. The van der Waals surface area contributed by atoms with Crippen molar-refractivity contribution in [2.75, 3.05) is 7.11 Å². The maximum absolute atomic E-state index is 13.5. The molecule has 2 aromatic heterocycles. The Bertz CT molecular complexity index is 960. The van der Waals surface area contributed by atoms with Gasteiger partial charge in [0, 0.05) is 5.56 Å². The lowest BCUT2D eigenvalue weighted by Gasteiger charge is -2.12. The Kier molecular flexibility index (Phi) is 4.43. The number of alkyl halides is 3. The predicted molar refractivity (Wildman–Crippen MR) is 88.9 cm³/mol. The number of aromatic nitrogens is 3. The third kappa shape index (κ3) is 3.14. The molecule has 0 unspecified atom stereocenters. The van der Waals surface area contributed by atoms with Crippen molar-refractivity contribution in [1.82, 2.24) is 14.6 Å². The number of carbonyl (C=O) groups excluding carboxylic acids is 1. The monoisotopic (exact) mass is 363 g/mol. The first-order chi connectivity index (χ1) is 12.2. The van der Waals surface area contributed by atoms with Gasteiger partial charge in [-0.25, -0.2) is 14.3 Å². The normalized spacial score (nSPS) is 12.0. The molecule has 2 heterocycles. The van der Waals surface area contributed by atoms with E-state index in [1.165, 1.54) is 0 Å². The van der Waals surface area contributed by atoms with Crippen molar-refractivity contribution >= 4 is 11.6 Å². The summed E-state index contributed by atoms with van der Waals surface area (Å²) in [6, 6.07) is 8.03. The van der Waals surface area contributed by atoms with Crippen molar-refractivity contribution in [2.24, 2.45) is 0 Å². The van der Waals surface area contributed by atoms with E-state index in [2.05, 4.69) is 14.8 Å². The summed E-state index contributed by atoms with van der Waals surface area (Å²) in [6.07, 6.45) is -3.64. The van der Waals surface area contributed by atoms with Gasteiger partial charge in [0.15, 0.2) is 11.3 Å². The first-order valence-corrected chi connectivity index (χ1v) is 7.87. The number of ether oxygens (including phenoxy) is 1. The van der Waals surface area contributed by atoms with E-state index in [0.29, 0.717) is 16.0 Å². The molecule has 1 aromatic carbocycles. The third-order valence-electron chi connectivity index (χ3n) is 4.04. The highest BCUT2D eigenvalue weighted by atomic mass is 19.4. The molecule has 0 amide bonds. The molecule has 0 radical (unpaired) electrons. The number of nitrogens with zero attached hydrogens (tertiary/aromatic N) is 3. The first-order valence-electron chi connectivity index (χ1n) is 7.87. The maximum atomic E-state index is 13.5. The number of methoxy groups -OCH3 is 1. The summed E-state index contributed by atoms with van der Waals surface area (Å²) in [5, 5.41) is 3.66. The molecular weight excluding hydrogens is 347 g/mol. The van der Waals surface area contributed by atoms with Crippen molar-refractivity contribution < 1.29 is 22.7 Å². The van der Waals surface area contributed by atoms with Crippen molar-refractivity contribution in [3.8, 4) is 11.3 Å². The number of rotatable bonds is 3. The van der Waals surface area contributed by atoms with Gasteiger partial charge in [-0.3, -0.25) is 0 Å². The highest BCUT2D eigenvalue weighted by molar-refractivity contribution is 5.95. The lowest BCUT2D eigenvalue weighted by Crippen LogP contribution is -2.14. The van der Waals surface area contributed by atoms with Crippen LogP contribution in [0, 0.1) is 0 Å². The molecule has 0 saturated carbocycles. The average molecular weight is 363 g/mol. The molecule has 0 fully saturated rings. The number of esters is 1. The second-order valence-corrected chi connectivity index (χ2v) is 6.09. The number of carbonyl (C=O) groups is 1. The smallest absolute Gasteiger partial charge is 0.433 e. The molecule has 5 nitrogen and oxygen atoms in total. The van der Waals surface area contributed by atoms with Crippen molar-refractivity contribution in [3.63, 3.8) is 0 Å². The number of hydrogen-bond acceptors (Lipinski definition) is 4. The molecule has 26 heavy (non-hydrogen) atoms. The van der Waals surface area contributed by atoms with Gasteiger partial charge in [-0.1, -0.05) is 38.1 Å². The van der Waals surface area contributed by atoms with Crippen LogP contribution in [0.3, 0.4) is 0 Å². The highest BCUT2D eigenvalue weighted by Crippen LogP contribution is 2.33. The molecule has 0 aliphatic rings. The Labute approximate surface area is 147 Å². The second kappa shape index (κ2) is 6.44. The van der Waals surface area contributed by atoms with Crippen molar-refractivity contribution in [2.45, 2.75) is 25.9 Å². The number of hydrogen-bond donors (Lipinski definition) is 0. The SMILES string of the molecule is COC(=O)c1cnn2c(C(F)(F)F)cc(-c3ccc(C(C)C)cc3)nc12. The van der Waals surface area contributed by atoms with Crippen LogP contribution in [-0.2, 0) is 10.9 Å². The van der Waals surface area contributed by atoms with Gasteiger partial charge >= 0.3 is 12.1 Å². The van der Waals surface area contributed by atoms with Gasteiger partial charge in [-0.2, -0.15) is 18.3 Å².